The molecule has 0 aromatic heterocycles. The molecule has 6 nitrogen and oxygen atoms in total. The van der Waals surface area contributed by atoms with Crippen LogP contribution in [0.4, 0.5) is 11.4 Å². The van der Waals surface area contributed by atoms with Crippen LogP contribution in [0.1, 0.15) is 21.2 Å². The summed E-state index contributed by atoms with van der Waals surface area (Å²) in [4.78, 5) is 27.5. The Labute approximate surface area is 237 Å². The highest BCUT2D eigenvalue weighted by molar-refractivity contribution is 8.00. The highest BCUT2D eigenvalue weighted by atomic mass is 32.2. The molecule has 1 atom stereocenters. The molecule has 200 valence electrons. The molecule has 0 heterocycles. The zero-order valence-electron chi connectivity index (χ0n) is 22.1. The van der Waals surface area contributed by atoms with E-state index < -0.39 is 5.25 Å². The molecule has 40 heavy (non-hydrogen) atoms. The minimum atomic E-state index is -0.517. The fourth-order valence-corrected chi connectivity index (χ4v) is 5.48. The van der Waals surface area contributed by atoms with Crippen molar-refractivity contribution in [3.8, 4) is 11.5 Å². The van der Waals surface area contributed by atoms with Crippen LogP contribution >= 0.6 is 11.8 Å². The number of rotatable bonds is 9. The number of methoxy groups -OCH3 is 2. The smallest absolute Gasteiger partial charge is 0.255 e. The van der Waals surface area contributed by atoms with Crippen LogP contribution in [0.15, 0.2) is 120 Å². The second kappa shape index (κ2) is 12.4. The zero-order valence-corrected chi connectivity index (χ0v) is 22.9. The number of hydrogen-bond donors (Lipinski definition) is 2. The van der Waals surface area contributed by atoms with Crippen LogP contribution in [-0.2, 0) is 4.79 Å². The van der Waals surface area contributed by atoms with Crippen molar-refractivity contribution >= 4 is 45.7 Å². The van der Waals surface area contributed by atoms with Gasteiger partial charge in [-0.3, -0.25) is 9.59 Å². The monoisotopic (exact) mass is 548 g/mol. The molecule has 0 saturated carbocycles. The first-order valence-electron chi connectivity index (χ1n) is 12.7. The largest absolute Gasteiger partial charge is 0.493 e. The number of carbonyl (C=O) groups excluding carboxylic acids is 2. The SMILES string of the molecule is COc1ccc(C(=O)Nc2cccc(SC(C(=O)Nc3cccc4ccccc34)c3ccccc3)c2)cc1OC. The molecule has 1 unspecified atom stereocenters. The van der Waals surface area contributed by atoms with Crippen LogP contribution in [0, 0.1) is 0 Å². The van der Waals surface area contributed by atoms with E-state index in [0.29, 0.717) is 22.7 Å². The molecule has 0 aliphatic carbocycles. The predicted octanol–water partition coefficient (Wildman–Crippen LogP) is 7.58. The van der Waals surface area contributed by atoms with Gasteiger partial charge < -0.3 is 20.1 Å². The molecule has 2 amide bonds. The summed E-state index contributed by atoms with van der Waals surface area (Å²) in [6.07, 6.45) is 0. The third-order valence-electron chi connectivity index (χ3n) is 6.38. The molecule has 5 rings (SSSR count). The Hall–Kier alpha value is -4.75. The van der Waals surface area contributed by atoms with E-state index in [9.17, 15) is 9.59 Å². The lowest BCUT2D eigenvalue weighted by Crippen LogP contribution is -2.19. The lowest BCUT2D eigenvalue weighted by Gasteiger charge is -2.18. The summed E-state index contributed by atoms with van der Waals surface area (Å²) >= 11 is 1.42. The quantitative estimate of drug-likeness (QED) is 0.186. The number of carbonyl (C=O) groups is 2. The third-order valence-corrected chi connectivity index (χ3v) is 7.63. The van der Waals surface area contributed by atoms with Crippen LogP contribution in [0.2, 0.25) is 0 Å². The molecule has 0 saturated heterocycles. The molecule has 0 radical (unpaired) electrons. The Balaban J connectivity index is 1.37. The Kier molecular flexibility index (Phi) is 8.32. The average Bonchev–Trinajstić information content (AvgIpc) is 3.00. The maximum Gasteiger partial charge on any atom is 0.255 e. The molecule has 2 N–H and O–H groups in total. The van der Waals surface area contributed by atoms with E-state index in [4.69, 9.17) is 9.47 Å². The number of thioether (sulfide) groups is 1. The number of anilines is 2. The average molecular weight is 549 g/mol. The molecule has 0 fully saturated rings. The number of benzene rings is 5. The molecule has 0 aliphatic heterocycles. The van der Waals surface area contributed by atoms with Gasteiger partial charge in [-0.2, -0.15) is 0 Å². The van der Waals surface area contributed by atoms with Gasteiger partial charge in [0.25, 0.3) is 5.91 Å². The summed E-state index contributed by atoms with van der Waals surface area (Å²) in [5.74, 6) is 0.609. The van der Waals surface area contributed by atoms with Gasteiger partial charge in [-0.05, 0) is 53.4 Å². The summed E-state index contributed by atoms with van der Waals surface area (Å²) in [7, 11) is 3.07. The third kappa shape index (κ3) is 6.11. The van der Waals surface area contributed by atoms with Gasteiger partial charge in [-0.1, -0.05) is 72.8 Å². The van der Waals surface area contributed by atoms with E-state index >= 15 is 0 Å². The number of fused-ring (bicyclic) bond motifs is 1. The first-order valence-corrected chi connectivity index (χ1v) is 13.6. The molecule has 0 aliphatic rings. The fourth-order valence-electron chi connectivity index (χ4n) is 4.40. The Bertz CT molecular complexity index is 1650. The molecular weight excluding hydrogens is 520 g/mol. The Morgan fingerprint density at radius 1 is 0.700 bits per heavy atom. The van der Waals surface area contributed by atoms with Gasteiger partial charge >= 0.3 is 0 Å². The van der Waals surface area contributed by atoms with E-state index in [2.05, 4.69) is 10.6 Å². The second-order valence-corrected chi connectivity index (χ2v) is 10.2. The molecule has 5 aromatic rings. The number of hydrogen-bond acceptors (Lipinski definition) is 5. The standard InChI is InChI=1S/C33H28N2O4S/c1-38-29-19-18-24(20-30(29)39-2)32(36)34-25-14-9-15-26(21-25)40-31(23-11-4-3-5-12-23)33(37)35-28-17-8-13-22-10-6-7-16-27(22)28/h3-21,31H,1-2H3,(H,34,36)(H,35,37). The normalized spacial score (nSPS) is 11.4. The first-order chi connectivity index (χ1) is 19.6. The van der Waals surface area contributed by atoms with Crippen molar-refractivity contribution in [3.63, 3.8) is 0 Å². The summed E-state index contributed by atoms with van der Waals surface area (Å²) < 4.78 is 10.6. The van der Waals surface area contributed by atoms with Gasteiger partial charge in [0.05, 0.1) is 14.2 Å². The number of amides is 2. The van der Waals surface area contributed by atoms with Gasteiger partial charge in [0.1, 0.15) is 5.25 Å². The Morgan fingerprint density at radius 2 is 1.43 bits per heavy atom. The van der Waals surface area contributed by atoms with Crippen LogP contribution in [0.25, 0.3) is 10.8 Å². The number of nitrogens with one attached hydrogen (secondary N) is 2. The van der Waals surface area contributed by atoms with E-state index in [-0.39, 0.29) is 11.8 Å². The van der Waals surface area contributed by atoms with E-state index in [0.717, 1.165) is 26.9 Å². The second-order valence-electron chi connectivity index (χ2n) is 8.98. The number of ether oxygens (including phenoxy) is 2. The van der Waals surface area contributed by atoms with Crippen molar-refractivity contribution in [1.29, 1.82) is 0 Å². The van der Waals surface area contributed by atoms with Gasteiger partial charge in [-0.25, -0.2) is 0 Å². The van der Waals surface area contributed by atoms with Crippen LogP contribution in [0.3, 0.4) is 0 Å². The zero-order chi connectivity index (χ0) is 27.9. The first kappa shape index (κ1) is 26.8. The van der Waals surface area contributed by atoms with Gasteiger partial charge in [0.15, 0.2) is 11.5 Å². The molecular formula is C33H28N2O4S. The lowest BCUT2D eigenvalue weighted by molar-refractivity contribution is -0.115. The van der Waals surface area contributed by atoms with Crippen molar-refractivity contribution in [1.82, 2.24) is 0 Å². The van der Waals surface area contributed by atoms with Gasteiger partial charge in [-0.15, -0.1) is 11.8 Å². The summed E-state index contributed by atoms with van der Waals surface area (Å²) in [5, 5.41) is 7.60. The van der Waals surface area contributed by atoms with Crippen LogP contribution in [-0.4, -0.2) is 26.0 Å². The molecule has 0 spiro atoms. The summed E-state index contributed by atoms with van der Waals surface area (Å²) in [6.45, 7) is 0. The highest BCUT2D eigenvalue weighted by Gasteiger charge is 2.23. The van der Waals surface area contributed by atoms with Crippen molar-refractivity contribution in [2.45, 2.75) is 10.1 Å². The van der Waals surface area contributed by atoms with Crippen molar-refractivity contribution in [2.24, 2.45) is 0 Å². The van der Waals surface area contributed by atoms with Crippen molar-refractivity contribution in [3.05, 3.63) is 126 Å². The molecule has 0 bridgehead atoms. The minimum Gasteiger partial charge on any atom is -0.493 e. The van der Waals surface area contributed by atoms with Crippen LogP contribution < -0.4 is 20.1 Å². The predicted molar refractivity (Wildman–Crippen MR) is 162 cm³/mol. The Morgan fingerprint density at radius 3 is 2.23 bits per heavy atom. The minimum absolute atomic E-state index is 0.132. The van der Waals surface area contributed by atoms with Crippen molar-refractivity contribution in [2.75, 3.05) is 24.9 Å². The molecule has 5 aromatic carbocycles. The van der Waals surface area contributed by atoms with Gasteiger partial charge in [0, 0.05) is 27.2 Å². The summed E-state index contributed by atoms with van der Waals surface area (Å²) in [5.41, 5.74) is 2.70. The van der Waals surface area contributed by atoms with Gasteiger partial charge in [0.2, 0.25) is 5.91 Å². The maximum absolute atomic E-state index is 13.7. The molecule has 7 heteroatoms. The highest BCUT2D eigenvalue weighted by Crippen LogP contribution is 2.38. The van der Waals surface area contributed by atoms with Crippen molar-refractivity contribution < 1.29 is 19.1 Å². The lowest BCUT2D eigenvalue weighted by atomic mass is 10.1. The topological polar surface area (TPSA) is 76.7 Å². The maximum atomic E-state index is 13.7. The van der Waals surface area contributed by atoms with E-state index in [1.165, 1.54) is 18.9 Å². The van der Waals surface area contributed by atoms with Crippen LogP contribution in [0.5, 0.6) is 11.5 Å². The van der Waals surface area contributed by atoms with E-state index in [1.807, 2.05) is 97.1 Å². The summed E-state index contributed by atoms with van der Waals surface area (Å²) in [6, 6.07) is 36.0. The fraction of sp³-hybridized carbons (Fsp3) is 0.0909. The van der Waals surface area contributed by atoms with E-state index in [1.54, 1.807) is 25.3 Å².